The van der Waals surface area contributed by atoms with Crippen molar-refractivity contribution in [2.45, 2.75) is 25.8 Å². The molecule has 21 heavy (non-hydrogen) atoms. The van der Waals surface area contributed by atoms with Crippen LogP contribution in [0, 0.1) is 11.8 Å². The normalized spacial score (nSPS) is 24.3. The molecule has 110 valence electrons. The molecule has 1 saturated carbocycles. The van der Waals surface area contributed by atoms with Crippen LogP contribution in [0.4, 0.5) is 0 Å². The maximum atomic E-state index is 12.3. The van der Waals surface area contributed by atoms with Gasteiger partial charge in [0.15, 0.2) is 0 Å². The molecule has 3 N–H and O–H groups in total. The molecule has 2 fully saturated rings. The van der Waals surface area contributed by atoms with E-state index in [-0.39, 0.29) is 30.2 Å². The molecule has 1 aliphatic carbocycles. The number of hydrazine groups is 1. The number of hydrogen-bond acceptors (Lipinski definition) is 4. The van der Waals surface area contributed by atoms with Crippen LogP contribution in [0.1, 0.15) is 35.2 Å². The van der Waals surface area contributed by atoms with E-state index in [1.54, 1.807) is 24.3 Å². The third-order valence-corrected chi connectivity index (χ3v) is 4.40. The lowest BCUT2D eigenvalue weighted by molar-refractivity contribution is -0.141. The number of carbonyl (C=O) groups excluding carboxylic acids is 3. The number of fused-ring (bicyclic) bond motifs is 1. The van der Waals surface area contributed by atoms with Crippen LogP contribution < -0.4 is 11.3 Å². The van der Waals surface area contributed by atoms with Gasteiger partial charge in [0.05, 0.1) is 18.4 Å². The van der Waals surface area contributed by atoms with E-state index in [0.29, 0.717) is 11.1 Å². The minimum atomic E-state index is -0.426. The summed E-state index contributed by atoms with van der Waals surface area (Å²) in [6.45, 7) is 0.133. The van der Waals surface area contributed by atoms with Gasteiger partial charge < -0.3 is 0 Å². The Morgan fingerprint density at radius 3 is 2.43 bits per heavy atom. The molecular weight excluding hydrogens is 270 g/mol. The van der Waals surface area contributed by atoms with Crippen molar-refractivity contribution in [2.24, 2.45) is 17.7 Å². The van der Waals surface area contributed by atoms with Gasteiger partial charge in [-0.2, -0.15) is 0 Å². The van der Waals surface area contributed by atoms with Gasteiger partial charge in [-0.1, -0.05) is 24.6 Å². The first-order chi connectivity index (χ1) is 10.1. The van der Waals surface area contributed by atoms with Crippen molar-refractivity contribution < 1.29 is 14.4 Å². The average Bonchev–Trinajstić information content (AvgIpc) is 3.07. The summed E-state index contributed by atoms with van der Waals surface area (Å²) < 4.78 is 0. The molecule has 0 bridgehead atoms. The Kier molecular flexibility index (Phi) is 3.47. The molecule has 2 unspecified atom stereocenters. The summed E-state index contributed by atoms with van der Waals surface area (Å²) in [6.07, 6.45) is 2.51. The summed E-state index contributed by atoms with van der Waals surface area (Å²) in [5.74, 6) is 4.21. The lowest BCUT2D eigenvalue weighted by Gasteiger charge is -2.17. The van der Waals surface area contributed by atoms with Gasteiger partial charge in [0.25, 0.3) is 5.91 Å². The number of amides is 3. The van der Waals surface area contributed by atoms with Gasteiger partial charge in [0, 0.05) is 5.56 Å². The van der Waals surface area contributed by atoms with Crippen molar-refractivity contribution in [3.8, 4) is 0 Å². The molecule has 1 aromatic rings. The molecule has 3 rings (SSSR count). The van der Waals surface area contributed by atoms with Gasteiger partial charge in [-0.25, -0.2) is 5.84 Å². The predicted octanol–water partition coefficient (Wildman–Crippen LogP) is 0.575. The molecule has 6 nitrogen and oxygen atoms in total. The van der Waals surface area contributed by atoms with Crippen molar-refractivity contribution in [3.05, 3.63) is 35.4 Å². The van der Waals surface area contributed by atoms with Crippen LogP contribution in [-0.4, -0.2) is 22.6 Å². The van der Waals surface area contributed by atoms with E-state index in [2.05, 4.69) is 5.43 Å². The number of rotatable bonds is 3. The molecule has 2 atom stereocenters. The molecule has 1 aliphatic heterocycles. The monoisotopic (exact) mass is 287 g/mol. The van der Waals surface area contributed by atoms with Crippen LogP contribution in [0.2, 0.25) is 0 Å². The van der Waals surface area contributed by atoms with E-state index >= 15 is 0 Å². The summed E-state index contributed by atoms with van der Waals surface area (Å²) >= 11 is 0. The van der Waals surface area contributed by atoms with E-state index in [1.807, 2.05) is 0 Å². The van der Waals surface area contributed by atoms with Crippen LogP contribution in [0.5, 0.6) is 0 Å². The highest BCUT2D eigenvalue weighted by Gasteiger charge is 2.49. The minimum absolute atomic E-state index is 0.106. The Morgan fingerprint density at radius 2 is 1.81 bits per heavy atom. The maximum absolute atomic E-state index is 12.3. The maximum Gasteiger partial charge on any atom is 0.265 e. The first-order valence-electron chi connectivity index (χ1n) is 7.07. The zero-order valence-electron chi connectivity index (χ0n) is 11.5. The van der Waals surface area contributed by atoms with Crippen molar-refractivity contribution >= 4 is 17.7 Å². The predicted molar refractivity (Wildman–Crippen MR) is 74.5 cm³/mol. The Labute approximate surface area is 122 Å². The first-order valence-corrected chi connectivity index (χ1v) is 7.07. The van der Waals surface area contributed by atoms with Crippen LogP contribution in [0.15, 0.2) is 24.3 Å². The smallest absolute Gasteiger partial charge is 0.265 e. The van der Waals surface area contributed by atoms with E-state index in [9.17, 15) is 14.4 Å². The quantitative estimate of drug-likeness (QED) is 0.368. The lowest BCUT2D eigenvalue weighted by Crippen LogP contribution is -2.34. The van der Waals surface area contributed by atoms with E-state index in [0.717, 1.165) is 19.3 Å². The fourth-order valence-electron chi connectivity index (χ4n) is 3.34. The largest absolute Gasteiger partial charge is 0.290 e. The highest BCUT2D eigenvalue weighted by Crippen LogP contribution is 2.40. The molecule has 0 spiro atoms. The number of hydrogen-bond donors (Lipinski definition) is 2. The molecule has 1 heterocycles. The van der Waals surface area contributed by atoms with Gasteiger partial charge in [-0.15, -0.1) is 0 Å². The van der Waals surface area contributed by atoms with Crippen LogP contribution in [0.25, 0.3) is 0 Å². The lowest BCUT2D eigenvalue weighted by atomic mass is 10.00. The highest BCUT2D eigenvalue weighted by atomic mass is 16.2. The second kappa shape index (κ2) is 5.29. The zero-order chi connectivity index (χ0) is 15.0. The Morgan fingerprint density at radius 1 is 1.19 bits per heavy atom. The Bertz CT molecular complexity index is 592. The fraction of sp³-hybridized carbons (Fsp3) is 0.400. The summed E-state index contributed by atoms with van der Waals surface area (Å²) in [7, 11) is 0. The van der Waals surface area contributed by atoms with Gasteiger partial charge in [0.2, 0.25) is 11.8 Å². The number of nitrogens with zero attached hydrogens (tertiary/aromatic N) is 1. The Balaban J connectivity index is 1.86. The second-order valence-corrected chi connectivity index (χ2v) is 5.54. The number of nitrogens with two attached hydrogens (primary N) is 1. The number of nitrogen functional groups attached to an aromatic ring is 1. The second-order valence-electron chi connectivity index (χ2n) is 5.54. The number of nitrogens with one attached hydrogen (secondary N) is 1. The van der Waals surface area contributed by atoms with Gasteiger partial charge >= 0.3 is 0 Å². The van der Waals surface area contributed by atoms with Crippen molar-refractivity contribution in [2.75, 3.05) is 0 Å². The Hall–Kier alpha value is -2.21. The van der Waals surface area contributed by atoms with Gasteiger partial charge in [-0.05, 0) is 24.5 Å². The van der Waals surface area contributed by atoms with Crippen molar-refractivity contribution in [3.63, 3.8) is 0 Å². The molecular formula is C15H17N3O3. The highest BCUT2D eigenvalue weighted by molar-refractivity contribution is 6.05. The van der Waals surface area contributed by atoms with Crippen molar-refractivity contribution in [1.82, 2.24) is 10.3 Å². The topological polar surface area (TPSA) is 92.5 Å². The van der Waals surface area contributed by atoms with E-state index < -0.39 is 5.91 Å². The molecule has 0 aromatic heterocycles. The zero-order valence-corrected chi connectivity index (χ0v) is 11.5. The van der Waals surface area contributed by atoms with Gasteiger partial charge in [-0.3, -0.25) is 24.7 Å². The van der Waals surface area contributed by atoms with Crippen LogP contribution in [0.3, 0.4) is 0 Å². The fourth-order valence-corrected chi connectivity index (χ4v) is 3.34. The molecule has 0 radical (unpaired) electrons. The standard InChI is InChI=1S/C15H17N3O3/c16-17-13(19)10-5-2-1-4-9(10)8-18-14(20)11-6-3-7-12(11)15(18)21/h1-2,4-5,11-12H,3,6-8,16H2,(H,17,19). The summed E-state index contributed by atoms with van der Waals surface area (Å²) in [5.41, 5.74) is 3.10. The number of carbonyl (C=O) groups is 3. The molecule has 2 aliphatic rings. The molecule has 3 amide bonds. The summed E-state index contributed by atoms with van der Waals surface area (Å²) in [5, 5.41) is 0. The number of benzene rings is 1. The van der Waals surface area contributed by atoms with Crippen LogP contribution >= 0.6 is 0 Å². The SMILES string of the molecule is NNC(=O)c1ccccc1CN1C(=O)C2CCCC2C1=O. The van der Waals surface area contributed by atoms with E-state index in [1.165, 1.54) is 4.90 Å². The third-order valence-electron chi connectivity index (χ3n) is 4.40. The van der Waals surface area contributed by atoms with E-state index in [4.69, 9.17) is 5.84 Å². The number of likely N-dealkylation sites (tertiary alicyclic amines) is 1. The minimum Gasteiger partial charge on any atom is -0.290 e. The molecule has 1 aromatic carbocycles. The number of imide groups is 1. The van der Waals surface area contributed by atoms with Crippen molar-refractivity contribution in [1.29, 1.82) is 0 Å². The third kappa shape index (κ3) is 2.21. The van der Waals surface area contributed by atoms with Crippen LogP contribution in [-0.2, 0) is 16.1 Å². The first kappa shape index (κ1) is 13.8. The average molecular weight is 287 g/mol. The molecule has 6 heteroatoms. The van der Waals surface area contributed by atoms with Gasteiger partial charge in [0.1, 0.15) is 0 Å². The summed E-state index contributed by atoms with van der Waals surface area (Å²) in [4.78, 5) is 37.7. The molecule has 1 saturated heterocycles. The summed E-state index contributed by atoms with van der Waals surface area (Å²) in [6, 6.07) is 6.85.